The van der Waals surface area contributed by atoms with Gasteiger partial charge in [0.05, 0.1) is 0 Å². The van der Waals surface area contributed by atoms with Gasteiger partial charge in [0.1, 0.15) is 0 Å². The van der Waals surface area contributed by atoms with Gasteiger partial charge < -0.3 is 9.47 Å². The van der Waals surface area contributed by atoms with Crippen molar-refractivity contribution in [3.8, 4) is 0 Å². The largest absolute Gasteiger partial charge is 0.392 e. The molecule has 0 unspecified atom stereocenters. The molecule has 0 aromatic heterocycles. The molecule has 0 saturated heterocycles. The zero-order valence-electron chi connectivity index (χ0n) is 10.5. The molecule has 0 N–H and O–H groups in total. The van der Waals surface area contributed by atoms with Crippen molar-refractivity contribution in [1.29, 1.82) is 0 Å². The number of ether oxygens (including phenoxy) is 2. The summed E-state index contributed by atoms with van der Waals surface area (Å²) in [7, 11) is 0. The van der Waals surface area contributed by atoms with E-state index >= 15 is 0 Å². The molecular formula is C14H16O4. The van der Waals surface area contributed by atoms with Gasteiger partial charge in [0.15, 0.2) is 0 Å². The van der Waals surface area contributed by atoms with Crippen LogP contribution in [-0.4, -0.2) is 11.9 Å². The number of rotatable bonds is 5. The first-order chi connectivity index (χ1) is 8.65. The molecule has 0 aliphatic heterocycles. The molecule has 0 fully saturated rings. The summed E-state index contributed by atoms with van der Waals surface area (Å²) in [5.41, 5.74) is 0.792. The normalized spacial score (nSPS) is 9.44. The van der Waals surface area contributed by atoms with E-state index in [1.807, 2.05) is 30.3 Å². The molecule has 0 bridgehead atoms. The molecule has 18 heavy (non-hydrogen) atoms. The highest BCUT2D eigenvalue weighted by Crippen LogP contribution is 2.11. The van der Waals surface area contributed by atoms with E-state index in [0.29, 0.717) is 0 Å². The molecule has 1 aromatic rings. The van der Waals surface area contributed by atoms with Crippen molar-refractivity contribution < 1.29 is 19.1 Å². The lowest BCUT2D eigenvalue weighted by Crippen LogP contribution is -2.09. The van der Waals surface area contributed by atoms with E-state index < -0.39 is 11.9 Å². The van der Waals surface area contributed by atoms with Gasteiger partial charge in [0.25, 0.3) is 5.95 Å². The minimum absolute atomic E-state index is 0.0834. The first-order valence-electron chi connectivity index (χ1n) is 5.83. The maximum Gasteiger partial charge on any atom is 0.313 e. The quantitative estimate of drug-likeness (QED) is 0.594. The van der Waals surface area contributed by atoms with Gasteiger partial charge in [-0.05, 0) is 5.56 Å². The third-order valence-electron chi connectivity index (χ3n) is 2.09. The highest BCUT2D eigenvalue weighted by molar-refractivity contribution is 5.74. The summed E-state index contributed by atoms with van der Waals surface area (Å²) in [5.74, 6) is -0.970. The minimum Gasteiger partial charge on any atom is -0.392 e. The van der Waals surface area contributed by atoms with Crippen molar-refractivity contribution in [1.82, 2.24) is 0 Å². The van der Waals surface area contributed by atoms with E-state index in [4.69, 9.17) is 9.47 Å². The lowest BCUT2D eigenvalue weighted by Gasteiger charge is -2.07. The van der Waals surface area contributed by atoms with Crippen molar-refractivity contribution in [2.75, 3.05) is 0 Å². The Morgan fingerprint density at radius 2 is 1.50 bits per heavy atom. The lowest BCUT2D eigenvalue weighted by molar-refractivity contribution is -0.153. The van der Waals surface area contributed by atoms with Crippen LogP contribution in [0.15, 0.2) is 36.3 Å². The van der Waals surface area contributed by atoms with Crippen molar-refractivity contribution in [2.45, 2.75) is 26.7 Å². The second-order valence-electron chi connectivity index (χ2n) is 3.53. The van der Waals surface area contributed by atoms with Crippen molar-refractivity contribution >= 4 is 18.0 Å². The third-order valence-corrected chi connectivity index (χ3v) is 2.09. The Morgan fingerprint density at radius 1 is 1.00 bits per heavy atom. The summed E-state index contributed by atoms with van der Waals surface area (Å²) < 4.78 is 9.91. The van der Waals surface area contributed by atoms with E-state index in [-0.39, 0.29) is 18.8 Å². The van der Waals surface area contributed by atoms with Gasteiger partial charge in [-0.25, -0.2) is 0 Å². The average molecular weight is 248 g/mol. The van der Waals surface area contributed by atoms with Crippen LogP contribution in [0.3, 0.4) is 0 Å². The van der Waals surface area contributed by atoms with E-state index in [0.717, 1.165) is 5.56 Å². The smallest absolute Gasteiger partial charge is 0.313 e. The summed E-state index contributed by atoms with van der Waals surface area (Å²) in [6.07, 6.45) is 1.95. The molecule has 0 saturated carbocycles. The van der Waals surface area contributed by atoms with Gasteiger partial charge in [-0.15, -0.1) is 0 Å². The molecule has 0 aliphatic carbocycles. The summed E-state index contributed by atoms with van der Waals surface area (Å²) in [4.78, 5) is 22.5. The van der Waals surface area contributed by atoms with Gasteiger partial charge in [-0.3, -0.25) is 9.59 Å². The van der Waals surface area contributed by atoms with Crippen LogP contribution < -0.4 is 0 Å². The molecule has 0 aliphatic rings. The molecule has 0 radical (unpaired) electrons. The number of carbonyl (C=O) groups excluding carboxylic acids is 2. The summed E-state index contributed by atoms with van der Waals surface area (Å²) >= 11 is 0. The summed E-state index contributed by atoms with van der Waals surface area (Å²) in [6, 6.07) is 9.19. The van der Waals surface area contributed by atoms with Crippen LogP contribution >= 0.6 is 0 Å². The van der Waals surface area contributed by atoms with Crippen LogP contribution in [-0.2, 0) is 19.1 Å². The molecule has 0 heterocycles. The molecule has 1 rings (SSSR count). The number of benzene rings is 1. The Kier molecular flexibility index (Phi) is 5.64. The second kappa shape index (κ2) is 7.27. The highest BCUT2D eigenvalue weighted by atomic mass is 16.7. The number of hydrogen-bond acceptors (Lipinski definition) is 4. The van der Waals surface area contributed by atoms with Crippen LogP contribution in [0, 0.1) is 0 Å². The van der Waals surface area contributed by atoms with Gasteiger partial charge in [-0.2, -0.15) is 0 Å². The monoisotopic (exact) mass is 248 g/mol. The van der Waals surface area contributed by atoms with Crippen LogP contribution in [0.25, 0.3) is 6.08 Å². The fourth-order valence-electron chi connectivity index (χ4n) is 1.13. The zero-order chi connectivity index (χ0) is 13.4. The average Bonchev–Trinajstić information content (AvgIpc) is 2.39. The van der Waals surface area contributed by atoms with Gasteiger partial charge in [-0.1, -0.05) is 44.2 Å². The topological polar surface area (TPSA) is 52.6 Å². The first-order valence-corrected chi connectivity index (χ1v) is 5.83. The van der Waals surface area contributed by atoms with Gasteiger partial charge in [0.2, 0.25) is 0 Å². The Balaban J connectivity index is 2.85. The first kappa shape index (κ1) is 14.0. The Labute approximate surface area is 106 Å². The maximum atomic E-state index is 11.2. The fourth-order valence-corrected chi connectivity index (χ4v) is 1.13. The van der Waals surface area contributed by atoms with Gasteiger partial charge >= 0.3 is 11.9 Å². The van der Waals surface area contributed by atoms with Crippen LogP contribution in [0.5, 0.6) is 0 Å². The molecule has 0 amide bonds. The van der Waals surface area contributed by atoms with E-state index in [1.165, 1.54) is 6.08 Å². The minimum atomic E-state index is -0.443. The van der Waals surface area contributed by atoms with E-state index in [9.17, 15) is 9.59 Å². The molecule has 0 atom stereocenters. The standard InChI is InChI=1S/C14H16O4/c1-3-12(15)17-14(18-13(16)4-2)10-11-8-6-5-7-9-11/h5-10H,3-4H2,1-2H3. The Bertz CT molecular complexity index is 414. The molecular weight excluding hydrogens is 232 g/mol. The second-order valence-corrected chi connectivity index (χ2v) is 3.53. The molecule has 4 nitrogen and oxygen atoms in total. The Morgan fingerprint density at radius 3 is 1.94 bits per heavy atom. The van der Waals surface area contributed by atoms with E-state index in [2.05, 4.69) is 0 Å². The zero-order valence-corrected chi connectivity index (χ0v) is 10.5. The fraction of sp³-hybridized carbons (Fsp3) is 0.286. The third kappa shape index (κ3) is 4.82. The van der Waals surface area contributed by atoms with Crippen molar-refractivity contribution in [3.05, 3.63) is 41.8 Å². The molecule has 1 aromatic carbocycles. The molecule has 0 spiro atoms. The number of esters is 2. The lowest BCUT2D eigenvalue weighted by atomic mass is 10.2. The molecule has 96 valence electrons. The van der Waals surface area contributed by atoms with Crippen LogP contribution in [0.4, 0.5) is 0 Å². The summed E-state index contributed by atoms with van der Waals surface area (Å²) in [6.45, 7) is 3.34. The van der Waals surface area contributed by atoms with Crippen molar-refractivity contribution in [2.24, 2.45) is 0 Å². The van der Waals surface area contributed by atoms with Gasteiger partial charge in [0, 0.05) is 18.9 Å². The van der Waals surface area contributed by atoms with E-state index in [1.54, 1.807) is 13.8 Å². The number of carbonyl (C=O) groups is 2. The molecule has 4 heteroatoms. The van der Waals surface area contributed by atoms with Crippen molar-refractivity contribution in [3.63, 3.8) is 0 Å². The van der Waals surface area contributed by atoms with Crippen LogP contribution in [0.1, 0.15) is 32.3 Å². The summed E-state index contributed by atoms with van der Waals surface area (Å²) in [5, 5.41) is 0. The predicted molar refractivity (Wildman–Crippen MR) is 67.2 cm³/mol. The SMILES string of the molecule is CCC(=O)OC(=Cc1ccccc1)OC(=O)CC. The Hall–Kier alpha value is -2.10. The number of hydrogen-bond donors (Lipinski definition) is 0. The highest BCUT2D eigenvalue weighted by Gasteiger charge is 2.10. The van der Waals surface area contributed by atoms with Crippen LogP contribution in [0.2, 0.25) is 0 Å². The predicted octanol–water partition coefficient (Wildman–Crippen LogP) is 2.89. The maximum absolute atomic E-state index is 11.2.